The summed E-state index contributed by atoms with van der Waals surface area (Å²) in [6.45, 7) is 0.768. The number of pyridine rings is 1. The average molecular weight is 249 g/mol. The second-order valence-corrected chi connectivity index (χ2v) is 2.54. The number of nitrogens with zero attached hydrogens (tertiary/aromatic N) is 1. The maximum absolute atomic E-state index is 4.90. The summed E-state index contributed by atoms with van der Waals surface area (Å²) in [5.41, 5.74) is 1.27. The molecule has 0 amide bonds. The zero-order valence-electron chi connectivity index (χ0n) is 5.46. The van der Waals surface area contributed by atoms with Gasteiger partial charge in [0.1, 0.15) is 23.0 Å². The SMILES string of the molecule is IOCCc1ccncc1. The highest BCUT2D eigenvalue weighted by molar-refractivity contribution is 14.1. The molecule has 0 saturated carbocycles. The molecule has 0 N–H and O–H groups in total. The molecule has 54 valence electrons. The summed E-state index contributed by atoms with van der Waals surface area (Å²) >= 11 is 1.90. The number of hydrogen-bond donors (Lipinski definition) is 0. The Kier molecular flexibility index (Phi) is 3.67. The fourth-order valence-electron chi connectivity index (χ4n) is 0.706. The molecule has 0 aliphatic carbocycles. The van der Waals surface area contributed by atoms with E-state index in [0.717, 1.165) is 13.0 Å². The molecule has 0 atom stereocenters. The maximum Gasteiger partial charge on any atom is 0.109 e. The molecule has 1 heterocycles. The Hall–Kier alpha value is -0.160. The van der Waals surface area contributed by atoms with Gasteiger partial charge in [0, 0.05) is 12.4 Å². The van der Waals surface area contributed by atoms with E-state index >= 15 is 0 Å². The van der Waals surface area contributed by atoms with Gasteiger partial charge in [0.05, 0.1) is 6.61 Å². The van der Waals surface area contributed by atoms with Gasteiger partial charge in [-0.05, 0) is 24.1 Å². The van der Waals surface area contributed by atoms with Crippen LogP contribution in [0.4, 0.5) is 0 Å². The van der Waals surface area contributed by atoms with Gasteiger partial charge >= 0.3 is 0 Å². The van der Waals surface area contributed by atoms with Gasteiger partial charge in [-0.15, -0.1) is 0 Å². The van der Waals surface area contributed by atoms with Gasteiger partial charge in [-0.25, -0.2) is 0 Å². The molecule has 0 bridgehead atoms. The maximum atomic E-state index is 4.90. The van der Waals surface area contributed by atoms with E-state index in [1.807, 2.05) is 35.1 Å². The van der Waals surface area contributed by atoms with Crippen LogP contribution in [0.15, 0.2) is 24.5 Å². The van der Waals surface area contributed by atoms with Crippen molar-refractivity contribution in [1.29, 1.82) is 0 Å². The van der Waals surface area contributed by atoms with Gasteiger partial charge in [0.25, 0.3) is 0 Å². The van der Waals surface area contributed by atoms with Crippen molar-refractivity contribution >= 4 is 23.0 Å². The van der Waals surface area contributed by atoms with Crippen LogP contribution in [0.5, 0.6) is 0 Å². The standard InChI is InChI=1S/C7H8INO/c8-10-6-3-7-1-4-9-5-2-7/h1-2,4-5H,3,6H2. The minimum absolute atomic E-state index is 0.768. The molecule has 0 saturated heterocycles. The quantitative estimate of drug-likeness (QED) is 0.764. The van der Waals surface area contributed by atoms with Crippen LogP contribution in [0, 0.1) is 0 Å². The van der Waals surface area contributed by atoms with E-state index in [1.165, 1.54) is 5.56 Å². The largest absolute Gasteiger partial charge is 0.315 e. The first-order valence-corrected chi connectivity index (χ1v) is 3.94. The summed E-state index contributed by atoms with van der Waals surface area (Å²) in [6.07, 6.45) is 4.55. The Morgan fingerprint density at radius 2 is 2.10 bits per heavy atom. The van der Waals surface area contributed by atoms with Crippen LogP contribution >= 0.6 is 23.0 Å². The van der Waals surface area contributed by atoms with Crippen LogP contribution in [0.2, 0.25) is 0 Å². The summed E-state index contributed by atoms with van der Waals surface area (Å²) < 4.78 is 4.90. The molecule has 0 unspecified atom stereocenters. The van der Waals surface area contributed by atoms with Crippen molar-refractivity contribution in [2.45, 2.75) is 6.42 Å². The van der Waals surface area contributed by atoms with E-state index in [9.17, 15) is 0 Å². The van der Waals surface area contributed by atoms with Crippen LogP contribution in [0.1, 0.15) is 5.56 Å². The van der Waals surface area contributed by atoms with Crippen molar-refractivity contribution in [1.82, 2.24) is 4.98 Å². The molecule has 0 aromatic carbocycles. The third-order valence-corrected chi connectivity index (χ3v) is 1.66. The van der Waals surface area contributed by atoms with Crippen LogP contribution in [-0.4, -0.2) is 11.6 Å². The molecule has 10 heavy (non-hydrogen) atoms. The number of halogens is 1. The second-order valence-electron chi connectivity index (χ2n) is 1.92. The third kappa shape index (κ3) is 2.62. The Morgan fingerprint density at radius 1 is 1.40 bits per heavy atom. The lowest BCUT2D eigenvalue weighted by Crippen LogP contribution is -1.90. The number of hydrogen-bond acceptors (Lipinski definition) is 2. The van der Waals surface area contributed by atoms with Crippen LogP contribution in [-0.2, 0) is 9.49 Å². The molecule has 0 aliphatic rings. The van der Waals surface area contributed by atoms with Crippen LogP contribution in [0.25, 0.3) is 0 Å². The molecular weight excluding hydrogens is 241 g/mol. The minimum atomic E-state index is 0.768. The van der Waals surface area contributed by atoms with Gasteiger partial charge in [-0.1, -0.05) is 0 Å². The summed E-state index contributed by atoms with van der Waals surface area (Å²) in [5.74, 6) is 0. The number of aromatic nitrogens is 1. The minimum Gasteiger partial charge on any atom is -0.315 e. The zero-order valence-corrected chi connectivity index (χ0v) is 7.61. The smallest absolute Gasteiger partial charge is 0.109 e. The third-order valence-electron chi connectivity index (χ3n) is 1.22. The first-order chi connectivity index (χ1) is 4.93. The molecule has 1 aromatic rings. The number of rotatable bonds is 3. The lowest BCUT2D eigenvalue weighted by atomic mass is 10.2. The predicted molar refractivity (Wildman–Crippen MR) is 47.9 cm³/mol. The topological polar surface area (TPSA) is 22.1 Å². The fraction of sp³-hybridized carbons (Fsp3) is 0.286. The van der Waals surface area contributed by atoms with E-state index in [2.05, 4.69) is 4.98 Å². The molecule has 0 radical (unpaired) electrons. The Labute approximate surface area is 74.3 Å². The van der Waals surface area contributed by atoms with Crippen molar-refractivity contribution in [3.63, 3.8) is 0 Å². The first-order valence-electron chi connectivity index (χ1n) is 3.06. The summed E-state index contributed by atoms with van der Waals surface area (Å²) in [5, 5.41) is 0. The van der Waals surface area contributed by atoms with Gasteiger partial charge in [-0.2, -0.15) is 0 Å². The van der Waals surface area contributed by atoms with E-state index in [1.54, 1.807) is 12.4 Å². The molecular formula is C7H8INO. The molecule has 1 aromatic heterocycles. The average Bonchev–Trinajstić information content (AvgIpc) is 2.03. The van der Waals surface area contributed by atoms with Crippen LogP contribution < -0.4 is 0 Å². The van der Waals surface area contributed by atoms with Crippen molar-refractivity contribution in [2.75, 3.05) is 6.61 Å². The highest BCUT2D eigenvalue weighted by Crippen LogP contribution is 1.98. The molecule has 0 aliphatic heterocycles. The van der Waals surface area contributed by atoms with Gasteiger partial charge < -0.3 is 3.07 Å². The second kappa shape index (κ2) is 4.62. The van der Waals surface area contributed by atoms with Crippen molar-refractivity contribution in [2.24, 2.45) is 0 Å². The van der Waals surface area contributed by atoms with Gasteiger partial charge in [0.2, 0.25) is 0 Å². The highest BCUT2D eigenvalue weighted by atomic mass is 127. The van der Waals surface area contributed by atoms with Crippen molar-refractivity contribution < 1.29 is 3.07 Å². The summed E-state index contributed by atoms with van der Waals surface area (Å²) in [7, 11) is 0. The molecule has 0 spiro atoms. The van der Waals surface area contributed by atoms with Gasteiger partial charge in [0.15, 0.2) is 0 Å². The van der Waals surface area contributed by atoms with E-state index in [-0.39, 0.29) is 0 Å². The fourth-order valence-corrected chi connectivity index (χ4v) is 0.926. The van der Waals surface area contributed by atoms with E-state index in [0.29, 0.717) is 0 Å². The predicted octanol–water partition coefficient (Wildman–Crippen LogP) is 1.99. The normalized spacial score (nSPS) is 9.70. The highest BCUT2D eigenvalue weighted by Gasteiger charge is 1.88. The molecule has 3 heteroatoms. The Bertz CT molecular complexity index is 178. The first kappa shape index (κ1) is 7.94. The Morgan fingerprint density at radius 3 is 2.70 bits per heavy atom. The lowest BCUT2D eigenvalue weighted by Gasteiger charge is -1.95. The molecule has 2 nitrogen and oxygen atoms in total. The summed E-state index contributed by atoms with van der Waals surface area (Å²) in [6, 6.07) is 3.99. The van der Waals surface area contributed by atoms with Crippen molar-refractivity contribution in [3.8, 4) is 0 Å². The van der Waals surface area contributed by atoms with Gasteiger partial charge in [-0.3, -0.25) is 4.98 Å². The van der Waals surface area contributed by atoms with E-state index < -0.39 is 0 Å². The molecule has 1 rings (SSSR count). The lowest BCUT2D eigenvalue weighted by molar-refractivity contribution is 0.431. The van der Waals surface area contributed by atoms with Crippen molar-refractivity contribution in [3.05, 3.63) is 30.1 Å². The Balaban J connectivity index is 2.43. The van der Waals surface area contributed by atoms with Crippen LogP contribution in [0.3, 0.4) is 0 Å². The van der Waals surface area contributed by atoms with E-state index in [4.69, 9.17) is 3.07 Å². The monoisotopic (exact) mass is 249 g/mol. The molecule has 0 fully saturated rings. The summed E-state index contributed by atoms with van der Waals surface area (Å²) in [4.78, 5) is 3.91. The zero-order chi connectivity index (χ0) is 7.23.